The molecule has 5 heterocycles. The van der Waals surface area contributed by atoms with E-state index in [0.29, 0.717) is 95.5 Å². The number of hydrogen-bond acceptors (Lipinski definition) is 14. The van der Waals surface area contributed by atoms with E-state index in [1.54, 1.807) is 23.1 Å². The summed E-state index contributed by atoms with van der Waals surface area (Å²) in [6.07, 6.45) is 2.07. The molecule has 18 heteroatoms. The Morgan fingerprint density at radius 1 is 0.683 bits per heavy atom. The van der Waals surface area contributed by atoms with Gasteiger partial charge in [-0.2, -0.15) is 4.39 Å². The minimum Gasteiger partial charge on any atom is -0.491 e. The summed E-state index contributed by atoms with van der Waals surface area (Å²) >= 11 is 0. The van der Waals surface area contributed by atoms with Crippen LogP contribution in [0.15, 0.2) is 77.9 Å². The number of ether oxygens (including phenoxy) is 7. The van der Waals surface area contributed by atoms with Gasteiger partial charge in [0.25, 0.3) is 11.8 Å². The van der Waals surface area contributed by atoms with Crippen molar-refractivity contribution in [2.75, 3.05) is 98.3 Å². The van der Waals surface area contributed by atoms with Crippen molar-refractivity contribution in [1.82, 2.24) is 15.2 Å². The lowest BCUT2D eigenvalue weighted by Gasteiger charge is -2.27. The second-order valence-electron chi connectivity index (χ2n) is 14.8. The molecule has 3 aliphatic rings. The van der Waals surface area contributed by atoms with Crippen molar-refractivity contribution in [1.29, 1.82) is 0 Å². The SMILES string of the molecule is CN(C)c1ccc(-c2ccc(C3=Nc4ccc(OCCOCCOCCOCCOCCOCCOc5ccc6c(c5)C(=O)N(C5CCC(=O)NC5=O)C6=O)c[n+]4C3)cc2)c(F)n1. The number of halogens is 1. The van der Waals surface area contributed by atoms with Gasteiger partial charge in [0.2, 0.25) is 23.5 Å². The third kappa shape index (κ3) is 11.6. The number of pyridine rings is 2. The highest BCUT2D eigenvalue weighted by molar-refractivity contribution is 6.23. The van der Waals surface area contributed by atoms with E-state index < -0.39 is 35.6 Å². The van der Waals surface area contributed by atoms with Crippen LogP contribution < -0.4 is 24.3 Å². The number of imide groups is 2. The minimum atomic E-state index is -1.02. The summed E-state index contributed by atoms with van der Waals surface area (Å²) in [7, 11) is 3.65. The first-order chi connectivity index (χ1) is 30.7. The van der Waals surface area contributed by atoms with Gasteiger partial charge in [0.1, 0.15) is 37.0 Å². The summed E-state index contributed by atoms with van der Waals surface area (Å²) < 4.78 is 56.1. The summed E-state index contributed by atoms with van der Waals surface area (Å²) in [5.41, 5.74) is 3.41. The molecule has 1 N–H and O–H groups in total. The number of aliphatic imine (C=N–C) groups is 1. The van der Waals surface area contributed by atoms with Crippen LogP contribution in [0.1, 0.15) is 39.1 Å². The zero-order valence-electron chi connectivity index (χ0n) is 35.2. The fourth-order valence-electron chi connectivity index (χ4n) is 7.01. The van der Waals surface area contributed by atoms with Crippen LogP contribution in [0.4, 0.5) is 16.0 Å². The average molecular weight is 870 g/mol. The number of carbonyl (C=O) groups is 4. The third-order valence-corrected chi connectivity index (χ3v) is 10.3. The molecule has 3 aliphatic heterocycles. The molecule has 17 nitrogen and oxygen atoms in total. The number of hydrogen-bond donors (Lipinski definition) is 1. The summed E-state index contributed by atoms with van der Waals surface area (Å²) in [6, 6.07) is 18.5. The maximum atomic E-state index is 14.7. The van der Waals surface area contributed by atoms with Crippen molar-refractivity contribution < 1.29 is 61.3 Å². The van der Waals surface area contributed by atoms with Crippen molar-refractivity contribution in [3.63, 3.8) is 0 Å². The second kappa shape index (κ2) is 21.8. The van der Waals surface area contributed by atoms with Gasteiger partial charge in [-0.05, 0) is 53.4 Å². The number of anilines is 1. The Morgan fingerprint density at radius 3 is 1.84 bits per heavy atom. The standard InChI is InChI=1S/C45H49FN6O11/c1-50(2)39-13-10-34(42(46)48-39)30-3-5-31(6-4-30)37-29-51-28-33(8-12-40(51)47-37)63-26-24-61-22-20-59-18-16-57-15-17-58-19-21-60-23-25-62-32-7-9-35-36(27-32)45(56)52(44(35)55)38-11-14-41(53)49-43(38)54/h3-10,12-13,27-28,38H,11,14-26,29H2,1-2H3/p+1. The number of nitrogens with zero attached hydrogens (tertiary/aromatic N) is 5. The van der Waals surface area contributed by atoms with E-state index in [4.69, 9.17) is 38.2 Å². The topological polar surface area (TPSA) is 181 Å². The van der Waals surface area contributed by atoms with Crippen LogP contribution >= 0.6 is 0 Å². The number of nitrogens with one attached hydrogen (secondary N) is 1. The number of aromatic nitrogens is 2. The van der Waals surface area contributed by atoms with E-state index in [9.17, 15) is 23.6 Å². The molecule has 1 saturated heterocycles. The average Bonchev–Trinajstić information content (AvgIpc) is 3.81. The van der Waals surface area contributed by atoms with Crippen molar-refractivity contribution in [3.05, 3.63) is 95.6 Å². The second-order valence-corrected chi connectivity index (χ2v) is 14.8. The molecule has 2 aromatic heterocycles. The maximum absolute atomic E-state index is 14.7. The van der Waals surface area contributed by atoms with Crippen molar-refractivity contribution in [2.45, 2.75) is 25.4 Å². The highest BCUT2D eigenvalue weighted by Crippen LogP contribution is 2.31. The van der Waals surface area contributed by atoms with Gasteiger partial charge in [-0.1, -0.05) is 24.3 Å². The smallest absolute Gasteiger partial charge is 0.324 e. The van der Waals surface area contributed by atoms with Crippen LogP contribution in [0.25, 0.3) is 11.1 Å². The van der Waals surface area contributed by atoms with Gasteiger partial charge in [-0.25, -0.2) is 9.55 Å². The van der Waals surface area contributed by atoms with Gasteiger partial charge in [-0.3, -0.25) is 29.4 Å². The molecule has 4 aromatic rings. The highest BCUT2D eigenvalue weighted by Gasteiger charge is 2.44. The minimum absolute atomic E-state index is 0.0562. The number of fused-ring (bicyclic) bond motifs is 2. The molecule has 7 rings (SSSR count). The number of piperidine rings is 1. The number of amides is 4. The first-order valence-electron chi connectivity index (χ1n) is 20.7. The Balaban J connectivity index is 0.660. The van der Waals surface area contributed by atoms with Gasteiger partial charge >= 0.3 is 5.82 Å². The largest absolute Gasteiger partial charge is 0.491 e. The zero-order chi connectivity index (χ0) is 44.1. The van der Waals surface area contributed by atoms with Gasteiger partial charge in [0.05, 0.1) is 77.2 Å². The predicted molar refractivity (Wildman–Crippen MR) is 225 cm³/mol. The van der Waals surface area contributed by atoms with E-state index in [0.717, 1.165) is 27.6 Å². The van der Waals surface area contributed by atoms with Gasteiger partial charge in [0, 0.05) is 37.7 Å². The predicted octanol–water partition coefficient (Wildman–Crippen LogP) is 3.32. The van der Waals surface area contributed by atoms with Crippen molar-refractivity contribution in [2.24, 2.45) is 4.99 Å². The van der Waals surface area contributed by atoms with Crippen molar-refractivity contribution in [3.8, 4) is 22.6 Å². The lowest BCUT2D eigenvalue weighted by atomic mass is 10.0. The summed E-state index contributed by atoms with van der Waals surface area (Å²) in [4.78, 5) is 61.0. The molecule has 2 aromatic carbocycles. The molecule has 0 saturated carbocycles. The quantitative estimate of drug-likeness (QED) is 0.0470. The fourth-order valence-corrected chi connectivity index (χ4v) is 7.01. The highest BCUT2D eigenvalue weighted by atomic mass is 19.1. The van der Waals surface area contributed by atoms with Gasteiger partial charge in [-0.15, -0.1) is 0 Å². The molecule has 332 valence electrons. The molecule has 0 aliphatic carbocycles. The number of carbonyl (C=O) groups excluding carboxylic acids is 4. The van der Waals surface area contributed by atoms with Crippen LogP contribution in [-0.2, 0) is 39.8 Å². The van der Waals surface area contributed by atoms with Crippen LogP contribution in [0, 0.1) is 5.95 Å². The van der Waals surface area contributed by atoms with E-state index in [1.807, 2.05) is 61.3 Å². The Morgan fingerprint density at radius 2 is 1.24 bits per heavy atom. The van der Waals surface area contributed by atoms with E-state index >= 15 is 0 Å². The normalized spacial score (nSPS) is 15.6. The van der Waals surface area contributed by atoms with E-state index in [2.05, 4.69) is 10.3 Å². The Hall–Kier alpha value is -6.18. The van der Waals surface area contributed by atoms with E-state index in [-0.39, 0.29) is 37.2 Å². The molecule has 4 amide bonds. The van der Waals surface area contributed by atoms with Gasteiger partial charge in [0.15, 0.2) is 12.3 Å². The molecule has 1 atom stereocenters. The first-order valence-corrected chi connectivity index (χ1v) is 20.7. The molecule has 1 fully saturated rings. The lowest BCUT2D eigenvalue weighted by Crippen LogP contribution is -2.54. The molecular formula is C45H50FN6O11+. The molecule has 0 bridgehead atoms. The Bertz CT molecular complexity index is 2310. The van der Waals surface area contributed by atoms with E-state index in [1.165, 1.54) is 12.1 Å². The maximum Gasteiger partial charge on any atom is 0.324 e. The molecule has 0 radical (unpaired) electrons. The van der Waals surface area contributed by atoms with Crippen LogP contribution in [-0.4, -0.2) is 139 Å². The summed E-state index contributed by atoms with van der Waals surface area (Å²) in [5.74, 6) is -0.255. The fraction of sp³-hybridized carbons (Fsp3) is 0.400. The van der Waals surface area contributed by atoms with Crippen LogP contribution in [0.3, 0.4) is 0 Å². The molecule has 1 unspecified atom stereocenters. The van der Waals surface area contributed by atoms with Gasteiger partial charge < -0.3 is 38.1 Å². The lowest BCUT2D eigenvalue weighted by molar-refractivity contribution is -0.664. The van der Waals surface area contributed by atoms with Crippen molar-refractivity contribution >= 4 is 41.0 Å². The third-order valence-electron chi connectivity index (χ3n) is 10.3. The molecule has 0 spiro atoms. The number of benzene rings is 2. The van der Waals surface area contributed by atoms with Crippen LogP contribution in [0.5, 0.6) is 11.5 Å². The number of rotatable bonds is 24. The first kappa shape index (κ1) is 44.9. The van der Waals surface area contributed by atoms with Crippen LogP contribution in [0.2, 0.25) is 0 Å². The Kier molecular flexibility index (Phi) is 15.5. The summed E-state index contributed by atoms with van der Waals surface area (Å²) in [6.45, 7) is 5.13. The summed E-state index contributed by atoms with van der Waals surface area (Å²) in [5, 5.41) is 2.18. The Labute approximate surface area is 363 Å². The molecule has 63 heavy (non-hydrogen) atoms. The monoisotopic (exact) mass is 869 g/mol. The zero-order valence-corrected chi connectivity index (χ0v) is 35.2. The molecular weight excluding hydrogens is 820 g/mol.